The van der Waals surface area contributed by atoms with E-state index < -0.39 is 0 Å². The molecule has 1 aliphatic carbocycles. The number of hydrogen-bond donors (Lipinski definition) is 0. The first kappa shape index (κ1) is 14.5. The van der Waals surface area contributed by atoms with E-state index >= 15 is 0 Å². The van der Waals surface area contributed by atoms with Crippen LogP contribution >= 0.6 is 35.3 Å². The Balaban J connectivity index is 2.32. The molecule has 0 aromatic heterocycles. The highest BCUT2D eigenvalue weighted by Gasteiger charge is 2.44. The third-order valence-corrected chi connectivity index (χ3v) is 8.74. The lowest BCUT2D eigenvalue weighted by Gasteiger charge is -2.45. The largest absolute Gasteiger partial charge is 0.143 e. The van der Waals surface area contributed by atoms with E-state index in [9.17, 15) is 0 Å². The minimum atomic E-state index is 0.368. The molecule has 0 bridgehead atoms. The lowest BCUT2D eigenvalue weighted by Crippen LogP contribution is -2.40. The van der Waals surface area contributed by atoms with Crippen LogP contribution in [0.5, 0.6) is 0 Å². The molecule has 1 aliphatic heterocycles. The summed E-state index contributed by atoms with van der Waals surface area (Å²) >= 11 is 6.22. The van der Waals surface area contributed by atoms with Gasteiger partial charge in [0, 0.05) is 5.41 Å². The number of rotatable bonds is 3. The maximum Gasteiger partial charge on any atom is 0.0773 e. The molecule has 2 rings (SSSR count). The predicted octanol–water partition coefficient (Wildman–Crippen LogP) is 5.25. The van der Waals surface area contributed by atoms with Crippen LogP contribution < -0.4 is 0 Å². The maximum atomic E-state index is 3.96. The van der Waals surface area contributed by atoms with E-state index in [0.717, 1.165) is 0 Å². The smallest absolute Gasteiger partial charge is 0.0773 e. The van der Waals surface area contributed by atoms with Gasteiger partial charge in [-0.1, -0.05) is 24.8 Å². The molecule has 2 aliphatic rings. The molecule has 1 heterocycles. The molecule has 18 heavy (non-hydrogen) atoms. The van der Waals surface area contributed by atoms with Crippen molar-refractivity contribution in [2.24, 2.45) is 0 Å². The normalized spacial score (nSPS) is 26.8. The fourth-order valence-electron chi connectivity index (χ4n) is 2.61. The Bertz CT molecular complexity index is 396. The van der Waals surface area contributed by atoms with Crippen molar-refractivity contribution >= 4 is 35.3 Å². The molecule has 0 N–H and O–H groups in total. The van der Waals surface area contributed by atoms with Gasteiger partial charge in [-0.05, 0) is 43.3 Å². The summed E-state index contributed by atoms with van der Waals surface area (Å²) in [5.74, 6) is 2.61. The quantitative estimate of drug-likeness (QED) is 0.653. The lowest BCUT2D eigenvalue weighted by molar-refractivity contribution is 0.667. The van der Waals surface area contributed by atoms with Crippen LogP contribution in [-0.2, 0) is 0 Å². The molecule has 98 valence electrons. The van der Waals surface area contributed by atoms with E-state index in [0.29, 0.717) is 9.33 Å². The molecule has 0 saturated carbocycles. The first-order valence-electron chi connectivity index (χ1n) is 6.33. The van der Waals surface area contributed by atoms with E-state index in [4.69, 9.17) is 0 Å². The fraction of sp³-hybridized carbons (Fsp3) is 0.533. The van der Waals surface area contributed by atoms with Crippen molar-refractivity contribution in [3.63, 3.8) is 0 Å². The minimum absolute atomic E-state index is 0.368. The number of thioether (sulfide) groups is 3. The van der Waals surface area contributed by atoms with Gasteiger partial charge in [0.2, 0.25) is 0 Å². The Labute approximate surface area is 123 Å². The van der Waals surface area contributed by atoms with Gasteiger partial charge in [0.25, 0.3) is 0 Å². The molecule has 0 amide bonds. The van der Waals surface area contributed by atoms with Crippen LogP contribution in [0.25, 0.3) is 0 Å². The summed E-state index contributed by atoms with van der Waals surface area (Å²) in [6.45, 7) is 9.94. The summed E-state index contributed by atoms with van der Waals surface area (Å²) in [6, 6.07) is 0. The molecule has 1 atom stereocenters. The summed E-state index contributed by atoms with van der Waals surface area (Å²) in [6.07, 6.45) is 5.85. The van der Waals surface area contributed by atoms with Crippen molar-refractivity contribution < 1.29 is 0 Å². The average molecular weight is 297 g/mol. The van der Waals surface area contributed by atoms with Gasteiger partial charge in [-0.15, -0.1) is 41.0 Å². The second kappa shape index (κ2) is 6.47. The zero-order chi connectivity index (χ0) is 13.0. The monoisotopic (exact) mass is 296 g/mol. The van der Waals surface area contributed by atoms with Gasteiger partial charge in [-0.2, -0.15) is 0 Å². The van der Waals surface area contributed by atoms with Crippen LogP contribution in [0.1, 0.15) is 26.2 Å². The average Bonchev–Trinajstić information content (AvgIpc) is 2.40. The summed E-state index contributed by atoms with van der Waals surface area (Å²) in [5, 5.41) is 2.57. The van der Waals surface area contributed by atoms with Crippen LogP contribution in [0.4, 0.5) is 0 Å². The molecule has 0 nitrogen and oxygen atoms in total. The topological polar surface area (TPSA) is 0 Å². The standard InChI is InChI=1S/C15H20S3/c1-4-9-16-14-12(3)13(5-2)7-8-15(14)17-10-6-11-18-15/h5,9,14H,1-2,6-8,10-11H2,3H3. The highest BCUT2D eigenvalue weighted by Crippen LogP contribution is 2.56. The predicted molar refractivity (Wildman–Crippen MR) is 89.5 cm³/mol. The first-order valence-corrected chi connectivity index (χ1v) is 9.24. The van der Waals surface area contributed by atoms with Gasteiger partial charge in [0.05, 0.1) is 9.33 Å². The molecular formula is C15H20S3. The van der Waals surface area contributed by atoms with E-state index in [1.807, 2.05) is 23.2 Å². The molecule has 1 saturated heterocycles. The Morgan fingerprint density at radius 1 is 1.44 bits per heavy atom. The minimum Gasteiger partial charge on any atom is -0.143 e. The number of allylic oxidation sites excluding steroid dienone is 2. The second-order valence-electron chi connectivity index (χ2n) is 4.61. The van der Waals surface area contributed by atoms with Gasteiger partial charge in [-0.25, -0.2) is 0 Å². The summed E-state index contributed by atoms with van der Waals surface area (Å²) in [5.41, 5.74) is 5.87. The number of hydrogen-bond acceptors (Lipinski definition) is 3. The van der Waals surface area contributed by atoms with Crippen LogP contribution in [0, 0.1) is 0 Å². The van der Waals surface area contributed by atoms with Crippen molar-refractivity contribution in [1.29, 1.82) is 0 Å². The van der Waals surface area contributed by atoms with Crippen LogP contribution in [0.3, 0.4) is 0 Å². The highest BCUT2D eigenvalue weighted by atomic mass is 32.2. The Morgan fingerprint density at radius 2 is 2.17 bits per heavy atom. The van der Waals surface area contributed by atoms with E-state index in [-0.39, 0.29) is 0 Å². The van der Waals surface area contributed by atoms with Gasteiger partial charge in [0.1, 0.15) is 0 Å². The molecule has 0 radical (unpaired) electrons. The molecule has 3 heteroatoms. The van der Waals surface area contributed by atoms with Crippen LogP contribution in [0.15, 0.2) is 41.5 Å². The van der Waals surface area contributed by atoms with Gasteiger partial charge in [0.15, 0.2) is 0 Å². The third-order valence-electron chi connectivity index (χ3n) is 3.56. The van der Waals surface area contributed by atoms with Crippen molar-refractivity contribution in [3.05, 3.63) is 41.5 Å². The molecule has 0 aromatic rings. The van der Waals surface area contributed by atoms with Crippen molar-refractivity contribution in [2.45, 2.75) is 35.5 Å². The van der Waals surface area contributed by atoms with Gasteiger partial charge < -0.3 is 0 Å². The molecule has 1 spiro atoms. The Morgan fingerprint density at radius 3 is 2.78 bits per heavy atom. The molecule has 0 aromatic carbocycles. The Hall–Kier alpha value is 0.0500. The third kappa shape index (κ3) is 2.80. The van der Waals surface area contributed by atoms with Gasteiger partial charge in [-0.3, -0.25) is 0 Å². The van der Waals surface area contributed by atoms with Gasteiger partial charge >= 0.3 is 0 Å². The zero-order valence-electron chi connectivity index (χ0n) is 10.9. The van der Waals surface area contributed by atoms with Crippen molar-refractivity contribution in [1.82, 2.24) is 0 Å². The van der Waals surface area contributed by atoms with E-state index in [1.54, 1.807) is 0 Å². The SMILES string of the molecule is C=C=CSC1C(C)=C(C=C)CCC12SCCCS2. The van der Waals surface area contributed by atoms with Crippen LogP contribution in [0.2, 0.25) is 0 Å². The zero-order valence-corrected chi connectivity index (χ0v) is 13.4. The maximum absolute atomic E-state index is 3.96. The van der Waals surface area contributed by atoms with E-state index in [1.165, 1.54) is 41.9 Å². The lowest BCUT2D eigenvalue weighted by atomic mass is 9.91. The first-order chi connectivity index (χ1) is 8.73. The van der Waals surface area contributed by atoms with Crippen LogP contribution in [-0.4, -0.2) is 20.8 Å². The summed E-state index contributed by atoms with van der Waals surface area (Å²) in [7, 11) is 0. The highest BCUT2D eigenvalue weighted by molar-refractivity contribution is 8.20. The van der Waals surface area contributed by atoms with Crippen molar-refractivity contribution in [3.8, 4) is 0 Å². The molecule has 1 unspecified atom stereocenters. The Kier molecular flexibility index (Phi) is 5.20. The summed E-state index contributed by atoms with van der Waals surface area (Å²) in [4.78, 5) is 0. The summed E-state index contributed by atoms with van der Waals surface area (Å²) < 4.78 is 0.368. The van der Waals surface area contributed by atoms with Crippen molar-refractivity contribution in [2.75, 3.05) is 11.5 Å². The second-order valence-corrected chi connectivity index (χ2v) is 8.70. The molecular weight excluding hydrogens is 276 g/mol. The molecule has 1 fully saturated rings. The fourth-order valence-corrected chi connectivity index (χ4v) is 7.69. The van der Waals surface area contributed by atoms with E-state index in [2.05, 4.69) is 49.3 Å².